The van der Waals surface area contributed by atoms with Crippen LogP contribution in [0.5, 0.6) is 0 Å². The summed E-state index contributed by atoms with van der Waals surface area (Å²) >= 11 is 3.35. The summed E-state index contributed by atoms with van der Waals surface area (Å²) in [5.74, 6) is 0.358. The molecule has 2 aromatic rings. The van der Waals surface area contributed by atoms with Crippen molar-refractivity contribution in [3.8, 4) is 11.3 Å². The molecule has 0 bridgehead atoms. The van der Waals surface area contributed by atoms with E-state index in [1.165, 1.54) is 6.07 Å². The fraction of sp³-hybridized carbons (Fsp3) is 0.375. The van der Waals surface area contributed by atoms with E-state index in [1.807, 2.05) is 0 Å². The van der Waals surface area contributed by atoms with Crippen LogP contribution in [-0.4, -0.2) is 36.0 Å². The van der Waals surface area contributed by atoms with Crippen molar-refractivity contribution >= 4 is 26.0 Å². The Kier molecular flexibility index (Phi) is 4.89. The zero-order chi connectivity index (χ0) is 17.3. The molecule has 6 nitrogen and oxygen atoms in total. The molecule has 1 saturated heterocycles. The molecule has 1 aliphatic heterocycles. The third-order valence-corrected chi connectivity index (χ3v) is 7.00. The second-order valence-electron chi connectivity index (χ2n) is 6.06. The first kappa shape index (κ1) is 17.3. The van der Waals surface area contributed by atoms with Crippen molar-refractivity contribution in [3.63, 3.8) is 0 Å². The highest BCUT2D eigenvalue weighted by molar-refractivity contribution is 9.10. The first-order valence-corrected chi connectivity index (χ1v) is 9.97. The predicted molar refractivity (Wildman–Crippen MR) is 95.2 cm³/mol. The molecule has 24 heavy (non-hydrogen) atoms. The molecule has 0 saturated carbocycles. The molecule has 0 aliphatic carbocycles. The Balaban J connectivity index is 2.02. The number of sulfonamides is 1. The minimum Gasteiger partial charge on any atom is -0.268 e. The highest BCUT2D eigenvalue weighted by atomic mass is 79.9. The van der Waals surface area contributed by atoms with Gasteiger partial charge in [-0.1, -0.05) is 13.0 Å². The van der Waals surface area contributed by atoms with Crippen LogP contribution >= 0.6 is 15.9 Å². The number of aromatic nitrogens is 2. The number of nitrogens with zero attached hydrogens (tertiary/aromatic N) is 2. The maximum absolute atomic E-state index is 13.0. The fourth-order valence-corrected chi connectivity index (χ4v) is 5.42. The van der Waals surface area contributed by atoms with Crippen LogP contribution in [0.3, 0.4) is 0 Å². The smallest absolute Gasteiger partial charge is 0.264 e. The SMILES string of the molecule is CC1CCCN(S(=O)(=O)c2cc(-c3ccc(=O)[nH]n3)ccc2Br)C1. The average Bonchev–Trinajstić information content (AvgIpc) is 2.56. The monoisotopic (exact) mass is 411 g/mol. The Bertz CT molecular complexity index is 891. The van der Waals surface area contributed by atoms with Crippen molar-refractivity contribution in [1.82, 2.24) is 14.5 Å². The Hall–Kier alpha value is -1.51. The number of benzene rings is 1. The van der Waals surface area contributed by atoms with Crippen LogP contribution in [0.4, 0.5) is 0 Å². The van der Waals surface area contributed by atoms with Gasteiger partial charge in [0.15, 0.2) is 0 Å². The van der Waals surface area contributed by atoms with Gasteiger partial charge >= 0.3 is 0 Å². The van der Waals surface area contributed by atoms with Crippen molar-refractivity contribution in [1.29, 1.82) is 0 Å². The van der Waals surface area contributed by atoms with Gasteiger partial charge in [0, 0.05) is 29.2 Å². The summed E-state index contributed by atoms with van der Waals surface area (Å²) in [6.45, 7) is 3.15. The van der Waals surface area contributed by atoms with E-state index in [1.54, 1.807) is 28.6 Å². The van der Waals surface area contributed by atoms with Crippen LogP contribution < -0.4 is 5.56 Å². The maximum Gasteiger partial charge on any atom is 0.264 e. The first-order chi connectivity index (χ1) is 11.4. The summed E-state index contributed by atoms with van der Waals surface area (Å²) in [5.41, 5.74) is 0.856. The number of piperidine rings is 1. The molecule has 1 unspecified atom stereocenters. The maximum atomic E-state index is 13.0. The summed E-state index contributed by atoms with van der Waals surface area (Å²) in [7, 11) is -3.58. The molecule has 0 radical (unpaired) electrons. The molecule has 0 amide bonds. The van der Waals surface area contributed by atoms with Gasteiger partial charge in [-0.2, -0.15) is 9.40 Å². The Morgan fingerprint density at radius 3 is 2.75 bits per heavy atom. The van der Waals surface area contributed by atoms with Gasteiger partial charge in [0.1, 0.15) is 0 Å². The number of halogens is 1. The largest absolute Gasteiger partial charge is 0.268 e. The van der Waals surface area contributed by atoms with Gasteiger partial charge in [-0.15, -0.1) is 0 Å². The topological polar surface area (TPSA) is 83.1 Å². The molecule has 1 aromatic heterocycles. The van der Waals surface area contributed by atoms with Gasteiger partial charge in [-0.25, -0.2) is 13.5 Å². The molecular formula is C16H18BrN3O3S. The van der Waals surface area contributed by atoms with Crippen LogP contribution in [0.25, 0.3) is 11.3 Å². The standard InChI is InChI=1S/C16H18BrN3O3S/c1-11-3-2-8-20(10-11)24(22,23)15-9-12(4-5-13(15)17)14-6-7-16(21)19-18-14/h4-7,9,11H,2-3,8,10H2,1H3,(H,19,21). The summed E-state index contributed by atoms with van der Waals surface area (Å²) < 4.78 is 28.1. The van der Waals surface area contributed by atoms with Crippen LogP contribution in [0.2, 0.25) is 0 Å². The van der Waals surface area contributed by atoms with Gasteiger partial charge < -0.3 is 0 Å². The lowest BCUT2D eigenvalue weighted by atomic mass is 10.0. The van der Waals surface area contributed by atoms with Gasteiger partial charge in [-0.3, -0.25) is 4.79 Å². The summed E-state index contributed by atoms with van der Waals surface area (Å²) in [6, 6.07) is 8.00. The minimum atomic E-state index is -3.58. The van der Waals surface area contributed by atoms with E-state index >= 15 is 0 Å². The lowest BCUT2D eigenvalue weighted by Gasteiger charge is -2.30. The number of aromatic amines is 1. The molecule has 1 aromatic carbocycles. The molecular weight excluding hydrogens is 394 g/mol. The molecule has 128 valence electrons. The van der Waals surface area contributed by atoms with Gasteiger partial charge in [0.25, 0.3) is 5.56 Å². The van der Waals surface area contributed by atoms with Crippen LogP contribution in [0.15, 0.2) is 44.5 Å². The van der Waals surface area contributed by atoms with E-state index in [4.69, 9.17) is 0 Å². The van der Waals surface area contributed by atoms with Gasteiger partial charge in [0.2, 0.25) is 10.0 Å². The Labute approximate surface area is 149 Å². The third kappa shape index (κ3) is 3.45. The van der Waals surface area contributed by atoms with Crippen molar-refractivity contribution in [2.45, 2.75) is 24.7 Å². The number of rotatable bonds is 3. The van der Waals surface area contributed by atoms with Crippen LogP contribution in [-0.2, 0) is 10.0 Å². The summed E-state index contributed by atoms with van der Waals surface area (Å²) in [5, 5.41) is 6.33. The van der Waals surface area contributed by atoms with Crippen molar-refractivity contribution < 1.29 is 8.42 Å². The molecule has 0 spiro atoms. The normalized spacial score (nSPS) is 19.3. The summed E-state index contributed by atoms with van der Waals surface area (Å²) in [4.78, 5) is 11.4. The second-order valence-corrected chi connectivity index (χ2v) is 8.82. The minimum absolute atomic E-state index is 0.224. The second kappa shape index (κ2) is 6.78. The molecule has 1 aliphatic rings. The zero-order valence-electron chi connectivity index (χ0n) is 13.2. The lowest BCUT2D eigenvalue weighted by Crippen LogP contribution is -2.39. The summed E-state index contributed by atoms with van der Waals surface area (Å²) in [6.07, 6.45) is 1.92. The Morgan fingerprint density at radius 1 is 1.29 bits per heavy atom. The Morgan fingerprint density at radius 2 is 2.08 bits per heavy atom. The molecule has 8 heteroatoms. The highest BCUT2D eigenvalue weighted by Gasteiger charge is 2.30. The number of hydrogen-bond acceptors (Lipinski definition) is 4. The van der Waals surface area contributed by atoms with E-state index in [2.05, 4.69) is 33.1 Å². The molecule has 1 N–H and O–H groups in total. The van der Waals surface area contributed by atoms with E-state index in [0.29, 0.717) is 34.7 Å². The number of hydrogen-bond donors (Lipinski definition) is 1. The van der Waals surface area contributed by atoms with Crippen molar-refractivity contribution in [3.05, 3.63) is 45.2 Å². The van der Waals surface area contributed by atoms with E-state index in [0.717, 1.165) is 12.8 Å². The molecule has 1 atom stereocenters. The van der Waals surface area contributed by atoms with E-state index < -0.39 is 10.0 Å². The molecule has 1 fully saturated rings. The van der Waals surface area contributed by atoms with Crippen LogP contribution in [0, 0.1) is 5.92 Å². The van der Waals surface area contributed by atoms with Gasteiger partial charge in [-0.05, 0) is 52.9 Å². The number of nitrogens with one attached hydrogen (secondary N) is 1. The van der Waals surface area contributed by atoms with Gasteiger partial charge in [0.05, 0.1) is 10.6 Å². The van der Waals surface area contributed by atoms with Crippen molar-refractivity contribution in [2.75, 3.05) is 13.1 Å². The first-order valence-electron chi connectivity index (χ1n) is 7.74. The molecule has 2 heterocycles. The number of H-pyrrole nitrogens is 1. The third-order valence-electron chi connectivity index (χ3n) is 4.14. The lowest BCUT2D eigenvalue weighted by molar-refractivity contribution is 0.281. The van der Waals surface area contributed by atoms with E-state index in [-0.39, 0.29) is 10.5 Å². The van der Waals surface area contributed by atoms with Crippen molar-refractivity contribution in [2.24, 2.45) is 5.92 Å². The zero-order valence-corrected chi connectivity index (χ0v) is 15.6. The fourth-order valence-electron chi connectivity index (χ4n) is 2.87. The average molecular weight is 412 g/mol. The predicted octanol–water partition coefficient (Wildman–Crippen LogP) is 2.62. The quantitative estimate of drug-likeness (QED) is 0.840. The van der Waals surface area contributed by atoms with E-state index in [9.17, 15) is 13.2 Å². The molecule has 3 rings (SSSR count). The highest BCUT2D eigenvalue weighted by Crippen LogP contribution is 2.31. The van der Waals surface area contributed by atoms with Crippen LogP contribution in [0.1, 0.15) is 19.8 Å².